The molecular formula is C15H13N5. The van der Waals surface area contributed by atoms with Gasteiger partial charge in [-0.1, -0.05) is 30.3 Å². The van der Waals surface area contributed by atoms with E-state index in [9.17, 15) is 0 Å². The molecule has 0 atom stereocenters. The van der Waals surface area contributed by atoms with Crippen LogP contribution in [0.4, 0.5) is 5.69 Å². The number of aliphatic imine (C=N–C) groups is 1. The van der Waals surface area contributed by atoms with E-state index in [-0.39, 0.29) is 0 Å². The maximum absolute atomic E-state index is 5.55. The smallest absolute Gasteiger partial charge is 0.168 e. The fraction of sp³-hybridized carbons (Fsp3) is 0. The van der Waals surface area contributed by atoms with Crippen LogP contribution in [0.3, 0.4) is 0 Å². The van der Waals surface area contributed by atoms with Crippen LogP contribution >= 0.6 is 0 Å². The maximum atomic E-state index is 5.55. The van der Waals surface area contributed by atoms with E-state index in [2.05, 4.69) is 20.4 Å². The minimum atomic E-state index is 0.481. The molecule has 1 aromatic heterocycles. The third-order valence-electron chi connectivity index (χ3n) is 2.82. The Morgan fingerprint density at radius 2 is 1.65 bits per heavy atom. The van der Waals surface area contributed by atoms with Crippen molar-refractivity contribution in [1.82, 2.24) is 15.4 Å². The highest BCUT2D eigenvalue weighted by atomic mass is 15.3. The predicted octanol–water partition coefficient (Wildman–Crippen LogP) is 2.17. The average molecular weight is 263 g/mol. The Hall–Kier alpha value is -2.79. The zero-order chi connectivity index (χ0) is 13.8. The fourth-order valence-electron chi connectivity index (χ4n) is 1.87. The molecule has 0 aliphatic heterocycles. The largest absolute Gasteiger partial charge is 0.307 e. The monoisotopic (exact) mass is 263 g/mol. The van der Waals surface area contributed by atoms with Crippen molar-refractivity contribution >= 4 is 22.6 Å². The van der Waals surface area contributed by atoms with Crippen LogP contribution in [0, 0.1) is 0 Å². The average Bonchev–Trinajstić information content (AvgIpc) is 2.53. The van der Waals surface area contributed by atoms with Crippen LogP contribution in [-0.2, 0) is 0 Å². The zero-order valence-corrected chi connectivity index (χ0v) is 10.7. The summed E-state index contributed by atoms with van der Waals surface area (Å²) in [5, 5.41) is 0. The van der Waals surface area contributed by atoms with Crippen molar-refractivity contribution in [3.05, 3.63) is 66.5 Å². The Morgan fingerprint density at radius 1 is 0.950 bits per heavy atom. The van der Waals surface area contributed by atoms with E-state index in [4.69, 9.17) is 5.84 Å². The highest BCUT2D eigenvalue weighted by molar-refractivity contribution is 5.99. The molecule has 3 rings (SSSR count). The van der Waals surface area contributed by atoms with Gasteiger partial charge in [-0.05, 0) is 24.3 Å². The summed E-state index contributed by atoms with van der Waals surface area (Å²) in [7, 11) is 0. The normalized spacial score (nSPS) is 11.6. The van der Waals surface area contributed by atoms with E-state index in [1.807, 2.05) is 54.6 Å². The summed E-state index contributed by atoms with van der Waals surface area (Å²) in [4.78, 5) is 13.3. The summed E-state index contributed by atoms with van der Waals surface area (Å²) >= 11 is 0. The maximum Gasteiger partial charge on any atom is 0.168 e. The van der Waals surface area contributed by atoms with Gasteiger partial charge in [0.2, 0.25) is 0 Å². The third kappa shape index (κ3) is 2.48. The van der Waals surface area contributed by atoms with Crippen molar-refractivity contribution in [1.29, 1.82) is 0 Å². The number of amidine groups is 1. The van der Waals surface area contributed by atoms with E-state index in [0.29, 0.717) is 11.5 Å². The molecule has 0 radical (unpaired) electrons. The summed E-state index contributed by atoms with van der Waals surface area (Å²) in [5.41, 5.74) is 5.63. The van der Waals surface area contributed by atoms with Gasteiger partial charge in [0.25, 0.3) is 0 Å². The third-order valence-corrected chi connectivity index (χ3v) is 2.82. The molecule has 0 amide bonds. The van der Waals surface area contributed by atoms with Crippen molar-refractivity contribution in [2.45, 2.75) is 0 Å². The summed E-state index contributed by atoms with van der Waals surface area (Å²) in [6, 6.07) is 17.2. The van der Waals surface area contributed by atoms with E-state index >= 15 is 0 Å². The number of hydrazine groups is 1. The van der Waals surface area contributed by atoms with Crippen molar-refractivity contribution in [2.24, 2.45) is 10.8 Å². The van der Waals surface area contributed by atoms with E-state index < -0.39 is 0 Å². The minimum Gasteiger partial charge on any atom is -0.307 e. The van der Waals surface area contributed by atoms with Gasteiger partial charge in [0.15, 0.2) is 5.84 Å². The highest BCUT2D eigenvalue weighted by Gasteiger charge is 2.06. The lowest BCUT2D eigenvalue weighted by Crippen LogP contribution is -2.31. The van der Waals surface area contributed by atoms with Crippen molar-refractivity contribution in [2.75, 3.05) is 0 Å². The van der Waals surface area contributed by atoms with Crippen LogP contribution in [0.25, 0.3) is 11.0 Å². The molecule has 3 aromatic rings. The fourth-order valence-corrected chi connectivity index (χ4v) is 1.87. The quantitative estimate of drug-likeness (QED) is 0.321. The number of para-hydroxylation sites is 3. The van der Waals surface area contributed by atoms with Crippen LogP contribution < -0.4 is 11.3 Å². The molecular weight excluding hydrogens is 250 g/mol. The number of aromatic nitrogens is 2. The highest BCUT2D eigenvalue weighted by Crippen LogP contribution is 2.13. The Kier molecular flexibility index (Phi) is 3.34. The van der Waals surface area contributed by atoms with Gasteiger partial charge >= 0.3 is 0 Å². The van der Waals surface area contributed by atoms with Gasteiger partial charge in [-0.25, -0.2) is 15.8 Å². The van der Waals surface area contributed by atoms with Crippen molar-refractivity contribution in [3.8, 4) is 0 Å². The topological polar surface area (TPSA) is 76.2 Å². The SMILES string of the molecule is NNC(=Nc1ccccc1)c1cnc2ccccc2n1. The zero-order valence-electron chi connectivity index (χ0n) is 10.7. The van der Waals surface area contributed by atoms with Crippen molar-refractivity contribution in [3.63, 3.8) is 0 Å². The lowest BCUT2D eigenvalue weighted by Gasteiger charge is -2.05. The van der Waals surface area contributed by atoms with Crippen LogP contribution in [0.15, 0.2) is 65.8 Å². The van der Waals surface area contributed by atoms with Gasteiger partial charge in [-0.2, -0.15) is 0 Å². The lowest BCUT2D eigenvalue weighted by molar-refractivity contribution is 1.01. The van der Waals surface area contributed by atoms with Gasteiger partial charge in [0, 0.05) is 0 Å². The Bertz CT molecular complexity index is 752. The summed E-state index contributed by atoms with van der Waals surface area (Å²) in [6.07, 6.45) is 1.66. The number of nitrogens with one attached hydrogen (secondary N) is 1. The molecule has 20 heavy (non-hydrogen) atoms. The van der Waals surface area contributed by atoms with Crippen LogP contribution in [0.1, 0.15) is 5.69 Å². The molecule has 0 fully saturated rings. The van der Waals surface area contributed by atoms with Gasteiger partial charge in [0.05, 0.1) is 22.9 Å². The lowest BCUT2D eigenvalue weighted by atomic mass is 10.3. The molecule has 2 aromatic carbocycles. The number of nitrogens with zero attached hydrogens (tertiary/aromatic N) is 3. The Morgan fingerprint density at radius 3 is 2.40 bits per heavy atom. The number of nitrogens with two attached hydrogens (primary N) is 1. The van der Waals surface area contributed by atoms with Crippen LogP contribution in [0.2, 0.25) is 0 Å². The van der Waals surface area contributed by atoms with E-state index in [1.54, 1.807) is 6.20 Å². The summed E-state index contributed by atoms with van der Waals surface area (Å²) in [6.45, 7) is 0. The minimum absolute atomic E-state index is 0.481. The van der Waals surface area contributed by atoms with Gasteiger partial charge in [-0.3, -0.25) is 4.98 Å². The van der Waals surface area contributed by atoms with Gasteiger partial charge < -0.3 is 5.43 Å². The molecule has 0 aliphatic rings. The van der Waals surface area contributed by atoms with E-state index in [0.717, 1.165) is 16.7 Å². The van der Waals surface area contributed by atoms with Crippen molar-refractivity contribution < 1.29 is 0 Å². The molecule has 5 heteroatoms. The van der Waals surface area contributed by atoms with E-state index in [1.165, 1.54) is 0 Å². The molecule has 98 valence electrons. The summed E-state index contributed by atoms with van der Waals surface area (Å²) < 4.78 is 0. The summed E-state index contributed by atoms with van der Waals surface area (Å²) in [5.74, 6) is 6.03. The number of hydrogen-bond donors (Lipinski definition) is 2. The number of rotatable bonds is 2. The second kappa shape index (κ2) is 5.46. The van der Waals surface area contributed by atoms with Gasteiger partial charge in [0.1, 0.15) is 5.69 Å². The first-order valence-electron chi connectivity index (χ1n) is 6.19. The molecule has 1 heterocycles. The first-order chi connectivity index (χ1) is 9.86. The molecule has 0 aliphatic carbocycles. The molecule has 0 unspecified atom stereocenters. The number of fused-ring (bicyclic) bond motifs is 1. The molecule has 0 bridgehead atoms. The van der Waals surface area contributed by atoms with Crippen LogP contribution in [0.5, 0.6) is 0 Å². The number of benzene rings is 2. The standard InChI is InChI=1S/C15H13N5/c16-20-15(18-11-6-2-1-3-7-11)14-10-17-12-8-4-5-9-13(12)19-14/h1-10H,16H2,(H,18,20). The Balaban J connectivity index is 2.05. The molecule has 0 saturated heterocycles. The molecule has 0 saturated carbocycles. The molecule has 0 spiro atoms. The van der Waals surface area contributed by atoms with Gasteiger partial charge in [-0.15, -0.1) is 0 Å². The predicted molar refractivity (Wildman–Crippen MR) is 79.5 cm³/mol. The Labute approximate surface area is 116 Å². The molecule has 3 N–H and O–H groups in total. The second-order valence-corrected chi connectivity index (χ2v) is 4.18. The van der Waals surface area contributed by atoms with Crippen LogP contribution in [-0.4, -0.2) is 15.8 Å². The molecule has 5 nitrogen and oxygen atoms in total. The first kappa shape index (κ1) is 12.3. The first-order valence-corrected chi connectivity index (χ1v) is 6.19. The number of hydrogen-bond acceptors (Lipinski definition) is 4. The second-order valence-electron chi connectivity index (χ2n) is 4.18.